The molecule has 0 aromatic heterocycles. The van der Waals surface area contributed by atoms with Crippen molar-refractivity contribution >= 4 is 34.8 Å². The van der Waals surface area contributed by atoms with E-state index in [4.69, 9.17) is 34.8 Å². The second kappa shape index (κ2) is 3.01. The third-order valence-corrected chi connectivity index (χ3v) is 2.24. The van der Waals surface area contributed by atoms with E-state index in [-0.39, 0.29) is 0 Å². The molecule has 3 heteroatoms. The minimum Gasteiger partial charge on any atom is -0.123 e. The zero-order valence-corrected chi connectivity index (χ0v) is 6.32. The van der Waals surface area contributed by atoms with Gasteiger partial charge in [-0.05, 0) is 6.42 Å². The number of alkyl halides is 3. The van der Waals surface area contributed by atoms with Gasteiger partial charge < -0.3 is 0 Å². The maximum atomic E-state index is 5.54. The Labute approximate surface area is 58.7 Å². The van der Waals surface area contributed by atoms with Crippen LogP contribution < -0.4 is 0 Å². The van der Waals surface area contributed by atoms with Gasteiger partial charge in [0.15, 0.2) is 0 Å². The SMILES string of the molecule is CCC(Cl)(Cl)CCl. The van der Waals surface area contributed by atoms with Crippen LogP contribution in [0.4, 0.5) is 0 Å². The van der Waals surface area contributed by atoms with E-state index in [0.717, 1.165) is 0 Å². The van der Waals surface area contributed by atoms with Gasteiger partial charge in [0, 0.05) is 0 Å². The molecule has 0 spiro atoms. The zero-order chi connectivity index (χ0) is 5.91. The summed E-state index contributed by atoms with van der Waals surface area (Å²) >= 11 is 16.4. The van der Waals surface area contributed by atoms with Crippen LogP contribution in [0.2, 0.25) is 0 Å². The molecule has 0 aliphatic heterocycles. The fourth-order valence-corrected chi connectivity index (χ4v) is 0.283. The molecule has 0 unspecified atom stereocenters. The Hall–Kier alpha value is 0.870. The molecule has 0 heterocycles. The van der Waals surface area contributed by atoms with Crippen LogP contribution in [0.15, 0.2) is 0 Å². The Kier molecular flexibility index (Phi) is 3.38. The van der Waals surface area contributed by atoms with Crippen LogP contribution in [-0.2, 0) is 0 Å². The van der Waals surface area contributed by atoms with Crippen molar-refractivity contribution < 1.29 is 0 Å². The maximum Gasteiger partial charge on any atom is 0.131 e. The molecule has 0 saturated carbocycles. The molecule has 0 saturated heterocycles. The summed E-state index contributed by atoms with van der Waals surface area (Å²) in [7, 11) is 0. The van der Waals surface area contributed by atoms with Gasteiger partial charge in [-0.3, -0.25) is 0 Å². The molecule has 0 fully saturated rings. The smallest absolute Gasteiger partial charge is 0.123 e. The van der Waals surface area contributed by atoms with Crippen molar-refractivity contribution in [3.05, 3.63) is 0 Å². The van der Waals surface area contributed by atoms with E-state index in [1.807, 2.05) is 6.92 Å². The van der Waals surface area contributed by atoms with Gasteiger partial charge in [0.1, 0.15) is 4.33 Å². The molecule has 7 heavy (non-hydrogen) atoms. The molecular weight excluding hydrogens is 154 g/mol. The van der Waals surface area contributed by atoms with E-state index in [1.54, 1.807) is 0 Å². The van der Waals surface area contributed by atoms with Crippen LogP contribution >= 0.6 is 34.8 Å². The van der Waals surface area contributed by atoms with Crippen molar-refractivity contribution in [1.82, 2.24) is 0 Å². The lowest BCUT2D eigenvalue weighted by atomic mass is 10.4. The first-order chi connectivity index (χ1) is 3.12. The largest absolute Gasteiger partial charge is 0.131 e. The molecule has 0 bridgehead atoms. The summed E-state index contributed by atoms with van der Waals surface area (Å²) in [6, 6.07) is 0. The summed E-state index contributed by atoms with van der Waals surface area (Å²) in [5.74, 6) is 0.298. The monoisotopic (exact) mass is 160 g/mol. The fraction of sp³-hybridized carbons (Fsp3) is 1.00. The van der Waals surface area contributed by atoms with Gasteiger partial charge in [-0.2, -0.15) is 0 Å². The van der Waals surface area contributed by atoms with Crippen LogP contribution in [0.1, 0.15) is 13.3 Å². The first kappa shape index (κ1) is 7.87. The zero-order valence-electron chi connectivity index (χ0n) is 4.05. The second-order valence-electron chi connectivity index (χ2n) is 1.34. The summed E-state index contributed by atoms with van der Waals surface area (Å²) in [4.78, 5) is 0. The lowest BCUT2D eigenvalue weighted by Crippen LogP contribution is -2.11. The summed E-state index contributed by atoms with van der Waals surface area (Å²) < 4.78 is -0.707. The first-order valence-electron chi connectivity index (χ1n) is 2.06. The van der Waals surface area contributed by atoms with Gasteiger partial charge in [0.25, 0.3) is 0 Å². The highest BCUT2D eigenvalue weighted by molar-refractivity contribution is 6.51. The Morgan fingerprint density at radius 1 is 1.43 bits per heavy atom. The quantitative estimate of drug-likeness (QED) is 0.547. The number of hydrogen-bond donors (Lipinski definition) is 0. The van der Waals surface area contributed by atoms with E-state index >= 15 is 0 Å². The number of halogens is 3. The molecule has 0 atom stereocenters. The van der Waals surface area contributed by atoms with Crippen LogP contribution in [0.3, 0.4) is 0 Å². The Bertz CT molecular complexity index is 44.9. The normalized spacial score (nSPS) is 12.0. The Morgan fingerprint density at radius 2 is 1.86 bits per heavy atom. The van der Waals surface area contributed by atoms with Gasteiger partial charge in [0.05, 0.1) is 5.88 Å². The maximum absolute atomic E-state index is 5.54. The molecule has 0 aliphatic carbocycles. The predicted molar refractivity (Wildman–Crippen MR) is 35.4 cm³/mol. The average molecular weight is 161 g/mol. The summed E-state index contributed by atoms with van der Waals surface area (Å²) in [5.41, 5.74) is 0. The van der Waals surface area contributed by atoms with E-state index in [0.29, 0.717) is 12.3 Å². The van der Waals surface area contributed by atoms with Crippen LogP contribution in [-0.4, -0.2) is 10.2 Å². The highest BCUT2D eigenvalue weighted by Crippen LogP contribution is 2.25. The highest BCUT2D eigenvalue weighted by Gasteiger charge is 2.18. The molecule has 44 valence electrons. The van der Waals surface area contributed by atoms with Crippen molar-refractivity contribution in [3.8, 4) is 0 Å². The molecule has 0 aromatic carbocycles. The van der Waals surface area contributed by atoms with Crippen LogP contribution in [0.5, 0.6) is 0 Å². The van der Waals surface area contributed by atoms with E-state index in [9.17, 15) is 0 Å². The fourth-order valence-electron chi connectivity index (χ4n) is 0.0945. The summed E-state index contributed by atoms with van der Waals surface area (Å²) in [6.45, 7) is 1.89. The molecule has 0 aliphatic rings. The third-order valence-electron chi connectivity index (χ3n) is 0.713. The van der Waals surface area contributed by atoms with Gasteiger partial charge >= 0.3 is 0 Å². The number of rotatable bonds is 2. The Morgan fingerprint density at radius 3 is 1.86 bits per heavy atom. The van der Waals surface area contributed by atoms with Crippen molar-refractivity contribution in [2.24, 2.45) is 0 Å². The third kappa shape index (κ3) is 3.45. The topological polar surface area (TPSA) is 0 Å². The van der Waals surface area contributed by atoms with Gasteiger partial charge in [-0.25, -0.2) is 0 Å². The van der Waals surface area contributed by atoms with Crippen molar-refractivity contribution in [1.29, 1.82) is 0 Å². The van der Waals surface area contributed by atoms with Gasteiger partial charge in [-0.1, -0.05) is 6.92 Å². The standard InChI is InChI=1S/C4H7Cl3/c1-2-4(6,7)3-5/h2-3H2,1H3. The second-order valence-corrected chi connectivity index (χ2v) is 3.25. The molecule has 0 rings (SSSR count). The van der Waals surface area contributed by atoms with Crippen molar-refractivity contribution in [2.45, 2.75) is 17.7 Å². The lowest BCUT2D eigenvalue weighted by Gasteiger charge is -2.10. The molecule has 0 aromatic rings. The molecule has 0 radical (unpaired) electrons. The van der Waals surface area contributed by atoms with Gasteiger partial charge in [-0.15, -0.1) is 34.8 Å². The average Bonchev–Trinajstić information content (AvgIpc) is 1.68. The van der Waals surface area contributed by atoms with E-state index in [1.165, 1.54) is 0 Å². The van der Waals surface area contributed by atoms with Crippen LogP contribution in [0, 0.1) is 0 Å². The number of hydrogen-bond acceptors (Lipinski definition) is 0. The lowest BCUT2D eigenvalue weighted by molar-refractivity contribution is 0.828. The minimum atomic E-state index is -0.707. The summed E-state index contributed by atoms with van der Waals surface area (Å²) in [6.07, 6.45) is 0.694. The van der Waals surface area contributed by atoms with Crippen molar-refractivity contribution in [3.63, 3.8) is 0 Å². The molecule has 0 nitrogen and oxygen atoms in total. The first-order valence-corrected chi connectivity index (χ1v) is 3.35. The van der Waals surface area contributed by atoms with Gasteiger partial charge in [0.2, 0.25) is 0 Å². The molecule has 0 N–H and O–H groups in total. The van der Waals surface area contributed by atoms with Crippen molar-refractivity contribution in [2.75, 3.05) is 5.88 Å². The molecular formula is C4H7Cl3. The van der Waals surface area contributed by atoms with E-state index in [2.05, 4.69) is 0 Å². The highest BCUT2D eigenvalue weighted by atomic mass is 35.5. The Balaban J connectivity index is 3.36. The minimum absolute atomic E-state index is 0.298. The predicted octanol–water partition coefficient (Wildman–Crippen LogP) is 2.81. The van der Waals surface area contributed by atoms with E-state index < -0.39 is 4.33 Å². The molecule has 0 amide bonds. The summed E-state index contributed by atoms with van der Waals surface area (Å²) in [5, 5.41) is 0. The van der Waals surface area contributed by atoms with Crippen LogP contribution in [0.25, 0.3) is 0 Å².